The fourth-order valence-corrected chi connectivity index (χ4v) is 2.41. The van der Waals surface area contributed by atoms with E-state index >= 15 is 0 Å². The molecule has 7 nitrogen and oxygen atoms in total. The van der Waals surface area contributed by atoms with Crippen LogP contribution in [0.3, 0.4) is 0 Å². The maximum atomic E-state index is 12.1. The van der Waals surface area contributed by atoms with E-state index in [0.717, 1.165) is 18.2 Å². The van der Waals surface area contributed by atoms with Crippen molar-refractivity contribution in [3.8, 4) is 5.75 Å². The summed E-state index contributed by atoms with van der Waals surface area (Å²) in [5.41, 5.74) is 0.868. The van der Waals surface area contributed by atoms with Crippen LogP contribution < -0.4 is 4.18 Å². The van der Waals surface area contributed by atoms with Gasteiger partial charge in [0.25, 0.3) is 0 Å². The number of methoxy groups -OCH3 is 2. The second-order valence-corrected chi connectivity index (χ2v) is 6.60. The van der Waals surface area contributed by atoms with Gasteiger partial charge < -0.3 is 18.6 Å². The van der Waals surface area contributed by atoms with Crippen molar-refractivity contribution >= 4 is 16.0 Å². The van der Waals surface area contributed by atoms with Gasteiger partial charge in [-0.2, -0.15) is 8.42 Å². The third-order valence-electron chi connectivity index (χ3n) is 2.94. The van der Waals surface area contributed by atoms with Crippen LogP contribution in [-0.4, -0.2) is 59.5 Å². The molecule has 23 heavy (non-hydrogen) atoms. The first kappa shape index (κ1) is 19.4. The third kappa shape index (κ3) is 7.96. The first-order valence-corrected chi connectivity index (χ1v) is 8.91. The number of benzene rings is 1. The third-order valence-corrected chi connectivity index (χ3v) is 3.44. The van der Waals surface area contributed by atoms with Crippen LogP contribution in [0.25, 0.3) is 0 Å². The van der Waals surface area contributed by atoms with Crippen LogP contribution in [0.2, 0.25) is 0 Å². The summed E-state index contributed by atoms with van der Waals surface area (Å²) in [6.07, 6.45) is 1.71. The molecule has 0 radical (unpaired) electrons. The van der Waals surface area contributed by atoms with Gasteiger partial charge in [0.05, 0.1) is 6.26 Å². The van der Waals surface area contributed by atoms with Crippen molar-refractivity contribution in [3.05, 3.63) is 29.8 Å². The number of carbonyl (C=O) groups is 1. The maximum absolute atomic E-state index is 12.1. The van der Waals surface area contributed by atoms with E-state index < -0.39 is 10.1 Å². The van der Waals surface area contributed by atoms with Crippen LogP contribution >= 0.6 is 0 Å². The van der Waals surface area contributed by atoms with Gasteiger partial charge in [0, 0.05) is 33.9 Å². The summed E-state index contributed by atoms with van der Waals surface area (Å²) < 4.78 is 36.8. The van der Waals surface area contributed by atoms with E-state index in [9.17, 15) is 13.2 Å². The van der Waals surface area contributed by atoms with Crippen molar-refractivity contribution in [1.29, 1.82) is 0 Å². The predicted octanol–water partition coefficient (Wildman–Crippen LogP) is 1.04. The van der Waals surface area contributed by atoms with Crippen LogP contribution in [0.4, 0.5) is 0 Å². The lowest BCUT2D eigenvalue weighted by atomic mass is 10.2. The Bertz CT molecular complexity index is 584. The first-order valence-electron chi connectivity index (χ1n) is 7.09. The molecule has 0 aliphatic heterocycles. The molecule has 0 bridgehead atoms. The van der Waals surface area contributed by atoms with E-state index in [1.165, 1.54) is 7.11 Å². The highest BCUT2D eigenvalue weighted by atomic mass is 32.2. The molecule has 1 aromatic rings. The minimum atomic E-state index is -3.54. The number of ether oxygens (including phenoxy) is 2. The van der Waals surface area contributed by atoms with Crippen molar-refractivity contribution in [2.45, 2.75) is 13.0 Å². The monoisotopic (exact) mass is 345 g/mol. The van der Waals surface area contributed by atoms with E-state index in [0.29, 0.717) is 19.7 Å². The summed E-state index contributed by atoms with van der Waals surface area (Å²) in [6, 6.07) is 6.57. The van der Waals surface area contributed by atoms with E-state index in [1.54, 1.807) is 36.3 Å². The van der Waals surface area contributed by atoms with Gasteiger partial charge in [-0.3, -0.25) is 4.79 Å². The van der Waals surface area contributed by atoms with E-state index in [-0.39, 0.29) is 18.3 Å². The van der Waals surface area contributed by atoms with Gasteiger partial charge in [0.1, 0.15) is 12.4 Å². The number of amides is 1. The molecule has 1 rings (SSSR count). The van der Waals surface area contributed by atoms with Crippen molar-refractivity contribution < 1.29 is 26.9 Å². The van der Waals surface area contributed by atoms with Crippen LogP contribution in [0, 0.1) is 0 Å². The lowest BCUT2D eigenvalue weighted by Crippen LogP contribution is -2.34. The number of hydrogen-bond donors (Lipinski definition) is 0. The van der Waals surface area contributed by atoms with Crippen LogP contribution in [0.1, 0.15) is 12.0 Å². The van der Waals surface area contributed by atoms with Crippen LogP contribution in [-0.2, 0) is 30.9 Å². The minimum Gasteiger partial charge on any atom is -0.385 e. The highest BCUT2D eigenvalue weighted by Crippen LogP contribution is 2.15. The standard InChI is InChI=1S/C15H23NO6S/c1-20-10-4-9-16(15(17)12-21-2)11-13-5-7-14(8-6-13)22-23(3,18)19/h5-8H,4,9-12H2,1-3H3. The molecule has 0 aromatic heterocycles. The lowest BCUT2D eigenvalue weighted by molar-refractivity contribution is -0.136. The van der Waals surface area contributed by atoms with E-state index in [1.807, 2.05) is 0 Å². The molecule has 8 heteroatoms. The lowest BCUT2D eigenvalue weighted by Gasteiger charge is -2.22. The van der Waals surface area contributed by atoms with Gasteiger partial charge in [-0.15, -0.1) is 0 Å². The topological polar surface area (TPSA) is 82.1 Å². The molecule has 0 saturated carbocycles. The molecule has 0 aliphatic rings. The van der Waals surface area contributed by atoms with Crippen LogP contribution in [0.5, 0.6) is 5.75 Å². The molecular weight excluding hydrogens is 322 g/mol. The molecule has 1 amide bonds. The fraction of sp³-hybridized carbons (Fsp3) is 0.533. The number of nitrogens with zero attached hydrogens (tertiary/aromatic N) is 1. The van der Waals surface area contributed by atoms with Crippen molar-refractivity contribution in [2.24, 2.45) is 0 Å². The summed E-state index contributed by atoms with van der Waals surface area (Å²) in [7, 11) is -0.456. The normalized spacial score (nSPS) is 11.3. The molecule has 0 aliphatic carbocycles. The minimum absolute atomic E-state index is 0.0161. The molecule has 0 atom stereocenters. The number of hydrogen-bond acceptors (Lipinski definition) is 6. The second kappa shape index (κ2) is 9.49. The zero-order valence-electron chi connectivity index (χ0n) is 13.6. The molecule has 0 unspecified atom stereocenters. The predicted molar refractivity (Wildman–Crippen MR) is 85.7 cm³/mol. The number of carbonyl (C=O) groups excluding carboxylic acids is 1. The molecular formula is C15H23NO6S. The molecule has 0 spiro atoms. The summed E-state index contributed by atoms with van der Waals surface area (Å²) in [4.78, 5) is 13.7. The fourth-order valence-electron chi connectivity index (χ4n) is 1.95. The summed E-state index contributed by atoms with van der Waals surface area (Å²) >= 11 is 0. The van der Waals surface area contributed by atoms with E-state index in [2.05, 4.69) is 0 Å². The summed E-state index contributed by atoms with van der Waals surface area (Å²) in [5, 5.41) is 0. The summed E-state index contributed by atoms with van der Waals surface area (Å²) in [5.74, 6) is 0.130. The average molecular weight is 345 g/mol. The Morgan fingerprint density at radius 1 is 1.13 bits per heavy atom. The smallest absolute Gasteiger partial charge is 0.306 e. The second-order valence-electron chi connectivity index (χ2n) is 5.03. The first-order chi connectivity index (χ1) is 10.9. The van der Waals surface area contributed by atoms with Crippen molar-refractivity contribution in [2.75, 3.05) is 40.2 Å². The molecule has 0 fully saturated rings. The Labute approximate surface area is 137 Å². The largest absolute Gasteiger partial charge is 0.385 e. The SMILES string of the molecule is COCCCN(Cc1ccc(OS(C)(=O)=O)cc1)C(=O)COC. The van der Waals surface area contributed by atoms with Gasteiger partial charge in [-0.05, 0) is 24.1 Å². The van der Waals surface area contributed by atoms with Crippen LogP contribution in [0.15, 0.2) is 24.3 Å². The zero-order valence-corrected chi connectivity index (χ0v) is 14.5. The van der Waals surface area contributed by atoms with Gasteiger partial charge in [-0.1, -0.05) is 12.1 Å². The van der Waals surface area contributed by atoms with Gasteiger partial charge in [0.15, 0.2) is 0 Å². The zero-order chi connectivity index (χ0) is 17.3. The number of rotatable bonds is 10. The molecule has 1 aromatic carbocycles. The van der Waals surface area contributed by atoms with Crippen molar-refractivity contribution in [1.82, 2.24) is 4.90 Å². The highest BCUT2D eigenvalue weighted by molar-refractivity contribution is 7.86. The molecule has 130 valence electrons. The Hall–Kier alpha value is -1.64. The Morgan fingerprint density at radius 3 is 2.30 bits per heavy atom. The van der Waals surface area contributed by atoms with Gasteiger partial charge >= 0.3 is 10.1 Å². The average Bonchev–Trinajstić information content (AvgIpc) is 2.47. The Balaban J connectivity index is 2.72. The Morgan fingerprint density at radius 2 is 1.78 bits per heavy atom. The Kier molecular flexibility index (Phi) is 8.01. The quantitative estimate of drug-likeness (QED) is 0.465. The van der Waals surface area contributed by atoms with Gasteiger partial charge in [0.2, 0.25) is 5.91 Å². The molecule has 0 N–H and O–H groups in total. The van der Waals surface area contributed by atoms with E-state index in [4.69, 9.17) is 13.7 Å². The van der Waals surface area contributed by atoms with Gasteiger partial charge in [-0.25, -0.2) is 0 Å². The molecule has 0 saturated heterocycles. The highest BCUT2D eigenvalue weighted by Gasteiger charge is 2.14. The van der Waals surface area contributed by atoms with Crippen molar-refractivity contribution in [3.63, 3.8) is 0 Å². The maximum Gasteiger partial charge on any atom is 0.306 e. The summed E-state index contributed by atoms with van der Waals surface area (Å²) in [6.45, 7) is 1.54. The molecule has 0 heterocycles.